The van der Waals surface area contributed by atoms with Gasteiger partial charge in [0.2, 0.25) is 0 Å². The van der Waals surface area contributed by atoms with Crippen LogP contribution in [-0.2, 0) is 4.74 Å². The monoisotopic (exact) mass is 242 g/mol. The third-order valence-electron chi connectivity index (χ3n) is 4.28. The van der Waals surface area contributed by atoms with E-state index in [1.54, 1.807) is 0 Å². The maximum atomic E-state index is 10.1. The van der Waals surface area contributed by atoms with Gasteiger partial charge in [-0.25, -0.2) is 0 Å². The Morgan fingerprint density at radius 3 is 2.18 bits per heavy atom. The van der Waals surface area contributed by atoms with E-state index in [0.717, 1.165) is 19.3 Å². The van der Waals surface area contributed by atoms with E-state index in [9.17, 15) is 5.11 Å². The highest BCUT2D eigenvalue weighted by Gasteiger charge is 2.38. The fraction of sp³-hybridized carbons (Fsp3) is 1.00. The molecule has 0 amide bonds. The van der Waals surface area contributed by atoms with Crippen LogP contribution in [0.4, 0.5) is 0 Å². The molecule has 0 radical (unpaired) electrons. The molecular formula is C15H30O2. The normalized spacial score (nSPS) is 31.6. The van der Waals surface area contributed by atoms with Crippen molar-refractivity contribution >= 4 is 0 Å². The summed E-state index contributed by atoms with van der Waals surface area (Å²) in [5.74, 6) is 0.670. The van der Waals surface area contributed by atoms with Crippen LogP contribution in [0.2, 0.25) is 0 Å². The first kappa shape index (κ1) is 15.0. The van der Waals surface area contributed by atoms with Gasteiger partial charge in [-0.3, -0.25) is 0 Å². The summed E-state index contributed by atoms with van der Waals surface area (Å²) in [6.07, 6.45) is 3.94. The minimum absolute atomic E-state index is 0.0135. The van der Waals surface area contributed by atoms with Crippen molar-refractivity contribution in [2.75, 3.05) is 0 Å². The van der Waals surface area contributed by atoms with Gasteiger partial charge in [-0.2, -0.15) is 0 Å². The molecule has 0 bridgehead atoms. The molecule has 0 aliphatic heterocycles. The number of ether oxygens (including phenoxy) is 1. The van der Waals surface area contributed by atoms with E-state index < -0.39 is 0 Å². The van der Waals surface area contributed by atoms with Gasteiger partial charge in [0.05, 0.1) is 17.8 Å². The second-order valence-corrected chi connectivity index (χ2v) is 7.19. The quantitative estimate of drug-likeness (QED) is 0.816. The highest BCUT2D eigenvalue weighted by molar-refractivity contribution is 4.88. The topological polar surface area (TPSA) is 29.5 Å². The van der Waals surface area contributed by atoms with E-state index in [0.29, 0.717) is 11.3 Å². The lowest BCUT2D eigenvalue weighted by Crippen LogP contribution is -2.43. The van der Waals surface area contributed by atoms with E-state index in [1.165, 1.54) is 6.42 Å². The number of aliphatic hydroxyl groups is 1. The fourth-order valence-electron chi connectivity index (χ4n) is 2.69. The molecule has 1 rings (SSSR count). The Morgan fingerprint density at radius 1 is 1.12 bits per heavy atom. The van der Waals surface area contributed by atoms with Gasteiger partial charge >= 0.3 is 0 Å². The lowest BCUT2D eigenvalue weighted by atomic mass is 9.68. The van der Waals surface area contributed by atoms with Crippen LogP contribution in [0.15, 0.2) is 0 Å². The summed E-state index contributed by atoms with van der Waals surface area (Å²) in [5, 5.41) is 10.1. The van der Waals surface area contributed by atoms with E-state index in [1.807, 2.05) is 0 Å². The van der Waals surface area contributed by atoms with Gasteiger partial charge in [-0.1, -0.05) is 27.2 Å². The summed E-state index contributed by atoms with van der Waals surface area (Å²) in [6.45, 7) is 13.1. The Morgan fingerprint density at radius 2 is 1.71 bits per heavy atom. The highest BCUT2D eigenvalue weighted by atomic mass is 16.5. The zero-order valence-corrected chi connectivity index (χ0v) is 12.4. The van der Waals surface area contributed by atoms with Crippen LogP contribution < -0.4 is 0 Å². The van der Waals surface area contributed by atoms with E-state index in [4.69, 9.17) is 4.74 Å². The molecule has 0 heterocycles. The molecule has 0 saturated heterocycles. The van der Waals surface area contributed by atoms with Crippen LogP contribution in [0.1, 0.15) is 67.2 Å². The first-order chi connectivity index (χ1) is 7.65. The average Bonchev–Trinajstić information content (AvgIpc) is 2.19. The van der Waals surface area contributed by atoms with Gasteiger partial charge in [0.15, 0.2) is 0 Å². The van der Waals surface area contributed by atoms with Crippen molar-refractivity contribution in [1.29, 1.82) is 0 Å². The van der Waals surface area contributed by atoms with Gasteiger partial charge in [-0.15, -0.1) is 0 Å². The van der Waals surface area contributed by atoms with Crippen LogP contribution in [-0.4, -0.2) is 22.9 Å². The van der Waals surface area contributed by atoms with Gasteiger partial charge in [-0.05, 0) is 51.4 Å². The fourth-order valence-corrected chi connectivity index (χ4v) is 2.69. The summed E-state index contributed by atoms with van der Waals surface area (Å²) in [4.78, 5) is 0. The first-order valence-corrected chi connectivity index (χ1v) is 7.01. The Labute approximate surface area is 107 Å². The molecule has 1 N–H and O–H groups in total. The summed E-state index contributed by atoms with van der Waals surface area (Å²) in [6, 6.07) is 0. The second-order valence-electron chi connectivity index (χ2n) is 7.19. The summed E-state index contributed by atoms with van der Waals surface area (Å²) in [7, 11) is 0. The van der Waals surface area contributed by atoms with Crippen LogP contribution in [0, 0.1) is 11.3 Å². The molecule has 17 heavy (non-hydrogen) atoms. The zero-order valence-electron chi connectivity index (χ0n) is 12.4. The SMILES string of the molecule is CCC(C)(C)C1CCC(O)C(OC(C)(C)C)C1. The number of rotatable bonds is 3. The maximum absolute atomic E-state index is 10.1. The van der Waals surface area contributed by atoms with E-state index >= 15 is 0 Å². The van der Waals surface area contributed by atoms with Crippen LogP contribution >= 0.6 is 0 Å². The molecule has 0 aromatic rings. The van der Waals surface area contributed by atoms with Crippen molar-refractivity contribution in [3.63, 3.8) is 0 Å². The molecule has 1 aliphatic rings. The average molecular weight is 242 g/mol. The van der Waals surface area contributed by atoms with Crippen molar-refractivity contribution in [1.82, 2.24) is 0 Å². The van der Waals surface area contributed by atoms with Crippen molar-refractivity contribution in [3.05, 3.63) is 0 Å². The maximum Gasteiger partial charge on any atom is 0.0843 e. The lowest BCUT2D eigenvalue weighted by Gasteiger charge is -2.43. The molecular weight excluding hydrogens is 212 g/mol. The molecule has 0 spiro atoms. The van der Waals surface area contributed by atoms with Crippen molar-refractivity contribution in [2.45, 2.75) is 85.0 Å². The lowest BCUT2D eigenvalue weighted by molar-refractivity contribution is -0.141. The third kappa shape index (κ3) is 4.26. The zero-order chi connectivity index (χ0) is 13.3. The van der Waals surface area contributed by atoms with Crippen molar-refractivity contribution in [2.24, 2.45) is 11.3 Å². The molecule has 2 heteroatoms. The molecule has 102 valence electrons. The van der Waals surface area contributed by atoms with Gasteiger partial charge in [0.25, 0.3) is 0 Å². The van der Waals surface area contributed by atoms with Gasteiger partial charge in [0, 0.05) is 0 Å². The highest BCUT2D eigenvalue weighted by Crippen LogP contribution is 2.41. The molecule has 1 saturated carbocycles. The number of hydrogen-bond donors (Lipinski definition) is 1. The Hall–Kier alpha value is -0.0800. The van der Waals surface area contributed by atoms with Crippen LogP contribution in [0.3, 0.4) is 0 Å². The van der Waals surface area contributed by atoms with Crippen LogP contribution in [0.25, 0.3) is 0 Å². The smallest absolute Gasteiger partial charge is 0.0843 e. The number of hydrogen-bond acceptors (Lipinski definition) is 2. The van der Waals surface area contributed by atoms with Gasteiger partial charge in [0.1, 0.15) is 0 Å². The standard InChI is InChI=1S/C15H30O2/c1-7-15(5,6)11-8-9-12(16)13(10-11)17-14(2,3)4/h11-13,16H,7-10H2,1-6H3. The number of aliphatic hydroxyl groups excluding tert-OH is 1. The molecule has 1 aliphatic carbocycles. The Kier molecular flexibility index (Phi) is 4.65. The molecule has 2 nitrogen and oxygen atoms in total. The Balaban J connectivity index is 2.66. The third-order valence-corrected chi connectivity index (χ3v) is 4.28. The van der Waals surface area contributed by atoms with E-state index in [-0.39, 0.29) is 17.8 Å². The minimum atomic E-state index is -0.280. The summed E-state index contributed by atoms with van der Waals surface area (Å²) >= 11 is 0. The minimum Gasteiger partial charge on any atom is -0.390 e. The molecule has 1 fully saturated rings. The molecule has 3 unspecified atom stereocenters. The first-order valence-electron chi connectivity index (χ1n) is 7.01. The molecule has 0 aromatic carbocycles. The predicted octanol–water partition coefficient (Wildman–Crippen LogP) is 3.77. The second kappa shape index (κ2) is 5.27. The molecule has 3 atom stereocenters. The Bertz CT molecular complexity index is 240. The molecule has 0 aromatic heterocycles. The van der Waals surface area contributed by atoms with Crippen molar-refractivity contribution < 1.29 is 9.84 Å². The summed E-state index contributed by atoms with van der Waals surface area (Å²) in [5.41, 5.74) is 0.198. The van der Waals surface area contributed by atoms with Gasteiger partial charge < -0.3 is 9.84 Å². The van der Waals surface area contributed by atoms with Crippen LogP contribution in [0.5, 0.6) is 0 Å². The van der Waals surface area contributed by atoms with E-state index in [2.05, 4.69) is 41.5 Å². The predicted molar refractivity (Wildman–Crippen MR) is 72.0 cm³/mol. The largest absolute Gasteiger partial charge is 0.390 e. The summed E-state index contributed by atoms with van der Waals surface area (Å²) < 4.78 is 6.01. The van der Waals surface area contributed by atoms with Crippen molar-refractivity contribution in [3.8, 4) is 0 Å².